The molecule has 0 spiro atoms. The molecule has 3 aromatic carbocycles. The molecule has 0 aliphatic heterocycles. The normalized spacial score (nSPS) is 9.83. The van der Waals surface area contributed by atoms with E-state index in [-0.39, 0.29) is 0 Å². The van der Waals surface area contributed by atoms with Crippen molar-refractivity contribution >= 4 is 0 Å². The van der Waals surface area contributed by atoms with Gasteiger partial charge in [0.05, 0.1) is 0 Å². The first-order chi connectivity index (χ1) is 11.5. The maximum Gasteiger partial charge on any atom is 0.127 e. The molecule has 0 saturated heterocycles. The molecule has 0 aliphatic rings. The fourth-order valence-electron chi connectivity index (χ4n) is 2.08. The topological polar surface area (TPSA) is 29.5 Å². The Kier molecular flexibility index (Phi) is 6.02. The van der Waals surface area contributed by atoms with E-state index in [4.69, 9.17) is 9.84 Å². The molecule has 0 saturated carbocycles. The van der Waals surface area contributed by atoms with Crippen molar-refractivity contribution in [3.05, 3.63) is 89.0 Å². The first kappa shape index (κ1) is 17.6. The van der Waals surface area contributed by atoms with Crippen LogP contribution in [0.4, 0.5) is 0 Å². The quantitative estimate of drug-likeness (QED) is 0.617. The summed E-state index contributed by atoms with van der Waals surface area (Å²) in [6, 6.07) is 21.6. The van der Waals surface area contributed by atoms with Crippen LogP contribution in [0.25, 0.3) is 0 Å². The zero-order valence-electron chi connectivity index (χ0n) is 14.7. The van der Waals surface area contributed by atoms with Crippen molar-refractivity contribution in [3.8, 4) is 17.2 Å². The Hall–Kier alpha value is -2.74. The van der Waals surface area contributed by atoms with Gasteiger partial charge in [0.2, 0.25) is 0 Å². The number of phenolic OH excluding ortho intramolecular Hbond substituents is 1. The average molecular weight is 320 g/mol. The van der Waals surface area contributed by atoms with E-state index in [1.54, 1.807) is 6.07 Å². The molecule has 0 bridgehead atoms. The maximum atomic E-state index is 9.10. The van der Waals surface area contributed by atoms with Crippen molar-refractivity contribution in [2.75, 3.05) is 0 Å². The highest BCUT2D eigenvalue weighted by Gasteiger charge is 1.96. The van der Waals surface area contributed by atoms with Gasteiger partial charge in [-0.05, 0) is 69.2 Å². The molecule has 1 N–H and O–H groups in total. The van der Waals surface area contributed by atoms with Crippen molar-refractivity contribution in [1.29, 1.82) is 0 Å². The van der Waals surface area contributed by atoms with Crippen molar-refractivity contribution in [1.82, 2.24) is 0 Å². The van der Waals surface area contributed by atoms with Crippen LogP contribution in [0.1, 0.15) is 22.3 Å². The van der Waals surface area contributed by atoms with E-state index in [9.17, 15) is 0 Å². The van der Waals surface area contributed by atoms with E-state index in [1.165, 1.54) is 11.1 Å². The fourth-order valence-corrected chi connectivity index (χ4v) is 2.08. The number of phenols is 1. The minimum absolute atomic E-state index is 0.384. The van der Waals surface area contributed by atoms with Gasteiger partial charge in [-0.15, -0.1) is 0 Å². The van der Waals surface area contributed by atoms with Gasteiger partial charge in [-0.25, -0.2) is 0 Å². The molecule has 0 radical (unpaired) electrons. The largest absolute Gasteiger partial charge is 0.508 e. The third-order valence-electron chi connectivity index (χ3n) is 3.85. The second-order valence-corrected chi connectivity index (χ2v) is 5.95. The molecule has 0 atom stereocenters. The lowest BCUT2D eigenvalue weighted by molar-refractivity contribution is 0.470. The van der Waals surface area contributed by atoms with Crippen LogP contribution in [-0.4, -0.2) is 5.11 Å². The number of aromatic hydroxyl groups is 1. The SMILES string of the molecule is Cc1ccc(Oc2ccc(C)cc2)cc1.Cc1cccc(O)c1C. The zero-order valence-corrected chi connectivity index (χ0v) is 14.7. The summed E-state index contributed by atoms with van der Waals surface area (Å²) in [5.41, 5.74) is 4.59. The molecule has 0 fully saturated rings. The summed E-state index contributed by atoms with van der Waals surface area (Å²) in [5, 5.41) is 9.10. The Morgan fingerprint density at radius 1 is 0.625 bits per heavy atom. The minimum Gasteiger partial charge on any atom is -0.508 e. The van der Waals surface area contributed by atoms with Crippen molar-refractivity contribution < 1.29 is 9.84 Å². The molecule has 124 valence electrons. The molecule has 0 unspecified atom stereocenters. The fraction of sp³-hybridized carbons (Fsp3) is 0.182. The number of aryl methyl sites for hydroxylation is 3. The van der Waals surface area contributed by atoms with Gasteiger partial charge in [-0.1, -0.05) is 47.5 Å². The predicted octanol–water partition coefficient (Wildman–Crippen LogP) is 6.10. The second kappa shape index (κ2) is 8.21. The molecule has 0 aromatic heterocycles. The van der Waals surface area contributed by atoms with Gasteiger partial charge in [-0.2, -0.15) is 0 Å². The Morgan fingerprint density at radius 3 is 1.46 bits per heavy atom. The second-order valence-electron chi connectivity index (χ2n) is 5.95. The molecule has 2 nitrogen and oxygen atoms in total. The van der Waals surface area contributed by atoms with Crippen LogP contribution in [0.2, 0.25) is 0 Å². The molecule has 24 heavy (non-hydrogen) atoms. The summed E-state index contributed by atoms with van der Waals surface area (Å²) < 4.78 is 5.69. The van der Waals surface area contributed by atoms with Gasteiger partial charge in [0, 0.05) is 0 Å². The summed E-state index contributed by atoms with van der Waals surface area (Å²) in [6.45, 7) is 8.02. The summed E-state index contributed by atoms with van der Waals surface area (Å²) in [6.07, 6.45) is 0. The summed E-state index contributed by atoms with van der Waals surface area (Å²) in [7, 11) is 0. The van der Waals surface area contributed by atoms with Gasteiger partial charge in [0.25, 0.3) is 0 Å². The maximum absolute atomic E-state index is 9.10. The average Bonchev–Trinajstić information content (AvgIpc) is 2.57. The van der Waals surface area contributed by atoms with E-state index < -0.39 is 0 Å². The van der Waals surface area contributed by atoms with Gasteiger partial charge in [-0.3, -0.25) is 0 Å². The van der Waals surface area contributed by atoms with Crippen LogP contribution in [0.3, 0.4) is 0 Å². The van der Waals surface area contributed by atoms with Gasteiger partial charge >= 0.3 is 0 Å². The molecule has 0 aliphatic carbocycles. The number of ether oxygens (including phenoxy) is 1. The first-order valence-electron chi connectivity index (χ1n) is 8.02. The predicted molar refractivity (Wildman–Crippen MR) is 100 cm³/mol. The lowest BCUT2D eigenvalue weighted by Gasteiger charge is -2.05. The Morgan fingerprint density at radius 2 is 1.08 bits per heavy atom. The minimum atomic E-state index is 0.384. The monoisotopic (exact) mass is 320 g/mol. The molecular formula is C22H24O2. The van der Waals surface area contributed by atoms with Crippen molar-refractivity contribution in [2.24, 2.45) is 0 Å². The van der Waals surface area contributed by atoms with E-state index in [2.05, 4.69) is 13.8 Å². The van der Waals surface area contributed by atoms with Crippen molar-refractivity contribution in [3.63, 3.8) is 0 Å². The summed E-state index contributed by atoms with van der Waals surface area (Å²) >= 11 is 0. The standard InChI is InChI=1S/C14H14O.C8H10O/c1-11-3-7-13(8-4-11)15-14-9-5-12(2)6-10-14;1-6-4-3-5-8(9)7(6)2/h3-10H,1-2H3;3-5,9H,1-2H3. The molecule has 2 heteroatoms. The smallest absolute Gasteiger partial charge is 0.127 e. The van der Waals surface area contributed by atoms with Gasteiger partial charge < -0.3 is 9.84 Å². The van der Waals surface area contributed by atoms with Gasteiger partial charge in [0.15, 0.2) is 0 Å². The first-order valence-corrected chi connectivity index (χ1v) is 8.02. The number of hydrogen-bond acceptors (Lipinski definition) is 2. The van der Waals surface area contributed by atoms with Crippen LogP contribution in [0.15, 0.2) is 66.7 Å². The lowest BCUT2D eigenvalue weighted by Crippen LogP contribution is -1.84. The van der Waals surface area contributed by atoms with Crippen LogP contribution < -0.4 is 4.74 Å². The Labute approximate surface area is 144 Å². The molecule has 3 aromatic rings. The van der Waals surface area contributed by atoms with Gasteiger partial charge in [0.1, 0.15) is 17.2 Å². The molecule has 3 rings (SSSR count). The number of rotatable bonds is 2. The summed E-state index contributed by atoms with van der Waals surface area (Å²) in [4.78, 5) is 0. The zero-order chi connectivity index (χ0) is 17.5. The summed E-state index contributed by atoms with van der Waals surface area (Å²) in [5.74, 6) is 2.14. The third-order valence-corrected chi connectivity index (χ3v) is 3.85. The Bertz CT molecular complexity index is 708. The van der Waals surface area contributed by atoms with Crippen LogP contribution in [0, 0.1) is 27.7 Å². The molecule has 0 heterocycles. The van der Waals surface area contributed by atoms with Crippen LogP contribution in [-0.2, 0) is 0 Å². The third kappa shape index (κ3) is 5.17. The van der Waals surface area contributed by atoms with Crippen LogP contribution in [0.5, 0.6) is 17.2 Å². The number of benzene rings is 3. The highest BCUT2D eigenvalue weighted by Crippen LogP contribution is 2.21. The Balaban J connectivity index is 0.000000198. The van der Waals surface area contributed by atoms with Crippen molar-refractivity contribution in [2.45, 2.75) is 27.7 Å². The van der Waals surface area contributed by atoms with E-state index in [1.807, 2.05) is 74.5 Å². The highest BCUT2D eigenvalue weighted by atomic mass is 16.5. The van der Waals surface area contributed by atoms with E-state index in [0.717, 1.165) is 22.6 Å². The van der Waals surface area contributed by atoms with E-state index >= 15 is 0 Å². The lowest BCUT2D eigenvalue weighted by atomic mass is 10.1. The van der Waals surface area contributed by atoms with Crippen LogP contribution >= 0.6 is 0 Å². The number of hydrogen-bond donors (Lipinski definition) is 1. The molecule has 0 amide bonds. The van der Waals surface area contributed by atoms with E-state index in [0.29, 0.717) is 5.75 Å². The highest BCUT2D eigenvalue weighted by molar-refractivity contribution is 5.37. The molecular weight excluding hydrogens is 296 g/mol.